The van der Waals surface area contributed by atoms with Gasteiger partial charge in [0, 0.05) is 37.2 Å². The van der Waals surface area contributed by atoms with Crippen LogP contribution in [0.25, 0.3) is 0 Å². The number of benzene rings is 2. The van der Waals surface area contributed by atoms with Crippen molar-refractivity contribution in [1.82, 2.24) is 9.80 Å². The minimum atomic E-state index is -4.43. The lowest BCUT2D eigenvalue weighted by molar-refractivity contribution is -0.138. The third-order valence-electron chi connectivity index (χ3n) is 6.86. The summed E-state index contributed by atoms with van der Waals surface area (Å²) in [5.41, 5.74) is 0.596. The molecule has 2 aromatic rings. The number of nitrogens with zero attached hydrogens (tertiary/aromatic N) is 2. The highest BCUT2D eigenvalue weighted by Gasteiger charge is 2.36. The van der Waals surface area contributed by atoms with E-state index in [-0.39, 0.29) is 29.3 Å². The summed E-state index contributed by atoms with van der Waals surface area (Å²) in [6.07, 6.45) is -0.574. The maximum absolute atomic E-state index is 13.3. The van der Waals surface area contributed by atoms with Gasteiger partial charge < -0.3 is 14.5 Å². The summed E-state index contributed by atoms with van der Waals surface area (Å²) in [5.74, 6) is 0.518. The second-order valence-electron chi connectivity index (χ2n) is 9.02. The smallest absolute Gasteiger partial charge is 0.416 e. The summed E-state index contributed by atoms with van der Waals surface area (Å²) in [5, 5.41) is 0. The minimum absolute atomic E-state index is 0.137. The average molecular weight is 475 g/mol. The number of carbonyl (C=O) groups excluding carboxylic acids is 2. The Morgan fingerprint density at radius 3 is 2.35 bits per heavy atom. The number of amides is 2. The summed E-state index contributed by atoms with van der Waals surface area (Å²) >= 11 is 0. The van der Waals surface area contributed by atoms with Crippen molar-refractivity contribution in [2.24, 2.45) is 5.92 Å². The second kappa shape index (κ2) is 10.1. The SMILES string of the molecule is COc1cccc(CC2CCCN2C(=O)C2CCN(C(=O)c3ccc(C(F)(F)F)cc3)CC2)c1. The number of carbonyl (C=O) groups is 2. The Balaban J connectivity index is 1.33. The molecule has 1 atom stereocenters. The van der Waals surface area contributed by atoms with Crippen LogP contribution in [0.5, 0.6) is 5.75 Å². The molecule has 34 heavy (non-hydrogen) atoms. The Morgan fingerprint density at radius 1 is 1.00 bits per heavy atom. The van der Waals surface area contributed by atoms with Crippen molar-refractivity contribution in [2.45, 2.75) is 44.3 Å². The van der Waals surface area contributed by atoms with Crippen molar-refractivity contribution in [1.29, 1.82) is 0 Å². The standard InChI is InChI=1S/C26H29F3N2O3/c1-34-23-6-2-4-18(17-23)16-22-5-3-13-31(22)25(33)20-11-14-30(15-12-20)24(32)19-7-9-21(10-8-19)26(27,28)29/h2,4,6-10,17,20,22H,3,5,11-16H2,1H3. The second-order valence-corrected chi connectivity index (χ2v) is 9.02. The molecular formula is C26H29F3N2O3. The molecule has 2 aromatic carbocycles. The highest BCUT2D eigenvalue weighted by atomic mass is 19.4. The lowest BCUT2D eigenvalue weighted by Crippen LogP contribution is -2.46. The molecule has 0 aromatic heterocycles. The van der Waals surface area contributed by atoms with Gasteiger partial charge in [-0.1, -0.05) is 12.1 Å². The molecule has 2 amide bonds. The number of rotatable bonds is 5. The van der Waals surface area contributed by atoms with E-state index in [9.17, 15) is 22.8 Å². The third-order valence-corrected chi connectivity index (χ3v) is 6.86. The first-order valence-corrected chi connectivity index (χ1v) is 11.7. The van der Waals surface area contributed by atoms with Crippen molar-refractivity contribution in [3.8, 4) is 5.75 Å². The first-order chi connectivity index (χ1) is 16.3. The van der Waals surface area contributed by atoms with E-state index in [1.54, 1.807) is 12.0 Å². The summed E-state index contributed by atoms with van der Waals surface area (Å²) in [6, 6.07) is 12.4. The number of hydrogen-bond acceptors (Lipinski definition) is 3. The molecule has 0 N–H and O–H groups in total. The van der Waals surface area contributed by atoms with Crippen LogP contribution in [0.1, 0.15) is 47.2 Å². The average Bonchev–Trinajstić information content (AvgIpc) is 3.31. The van der Waals surface area contributed by atoms with Gasteiger partial charge in [0.05, 0.1) is 12.7 Å². The van der Waals surface area contributed by atoms with E-state index in [4.69, 9.17) is 4.74 Å². The Labute approximate surface area is 197 Å². The van der Waals surface area contributed by atoms with E-state index in [0.717, 1.165) is 49.3 Å². The van der Waals surface area contributed by atoms with Gasteiger partial charge in [-0.05, 0) is 74.1 Å². The number of hydrogen-bond donors (Lipinski definition) is 0. The van der Waals surface area contributed by atoms with Crippen LogP contribution in [0.3, 0.4) is 0 Å². The van der Waals surface area contributed by atoms with Crippen molar-refractivity contribution in [3.05, 3.63) is 65.2 Å². The normalized spacial score (nSPS) is 19.4. The van der Waals surface area contributed by atoms with Crippen LogP contribution in [0.4, 0.5) is 13.2 Å². The summed E-state index contributed by atoms with van der Waals surface area (Å²) in [6.45, 7) is 1.59. The third kappa shape index (κ3) is 5.37. The molecule has 2 heterocycles. The Hall–Kier alpha value is -3.03. The fraction of sp³-hybridized carbons (Fsp3) is 0.462. The monoisotopic (exact) mass is 474 g/mol. The highest BCUT2D eigenvalue weighted by molar-refractivity contribution is 5.94. The van der Waals surface area contributed by atoms with Crippen LogP contribution in [0, 0.1) is 5.92 Å². The fourth-order valence-electron chi connectivity index (χ4n) is 4.96. The Bertz CT molecular complexity index is 1010. The molecule has 182 valence electrons. The number of ether oxygens (including phenoxy) is 1. The molecule has 2 aliphatic rings. The molecule has 1 unspecified atom stereocenters. The van der Waals surface area contributed by atoms with Crippen LogP contribution in [-0.2, 0) is 17.4 Å². The summed E-state index contributed by atoms with van der Waals surface area (Å²) in [7, 11) is 1.64. The van der Waals surface area contributed by atoms with E-state index in [0.29, 0.717) is 25.9 Å². The highest BCUT2D eigenvalue weighted by Crippen LogP contribution is 2.30. The zero-order chi connectivity index (χ0) is 24.3. The number of alkyl halides is 3. The predicted molar refractivity (Wildman–Crippen MR) is 122 cm³/mol. The lowest BCUT2D eigenvalue weighted by atomic mass is 9.93. The fourth-order valence-corrected chi connectivity index (χ4v) is 4.96. The maximum Gasteiger partial charge on any atom is 0.416 e. The molecule has 0 bridgehead atoms. The zero-order valence-electron chi connectivity index (χ0n) is 19.2. The van der Waals surface area contributed by atoms with Crippen molar-refractivity contribution >= 4 is 11.8 Å². The molecule has 4 rings (SSSR count). The largest absolute Gasteiger partial charge is 0.497 e. The topological polar surface area (TPSA) is 49.9 Å². The van der Waals surface area contributed by atoms with Crippen molar-refractivity contribution < 1.29 is 27.5 Å². The van der Waals surface area contributed by atoms with E-state index in [2.05, 4.69) is 6.07 Å². The molecule has 2 aliphatic heterocycles. The molecule has 0 saturated carbocycles. The predicted octanol–water partition coefficient (Wildman–Crippen LogP) is 4.80. The first kappa shape index (κ1) is 24.1. The van der Waals surface area contributed by atoms with E-state index >= 15 is 0 Å². The zero-order valence-corrected chi connectivity index (χ0v) is 19.2. The number of methoxy groups -OCH3 is 1. The molecule has 0 aliphatic carbocycles. The molecule has 2 saturated heterocycles. The van der Waals surface area contributed by atoms with Crippen LogP contribution >= 0.6 is 0 Å². The van der Waals surface area contributed by atoms with Crippen molar-refractivity contribution in [2.75, 3.05) is 26.7 Å². The number of piperidine rings is 1. The van der Waals surface area contributed by atoms with Crippen LogP contribution < -0.4 is 4.74 Å². The van der Waals surface area contributed by atoms with Crippen LogP contribution in [0.2, 0.25) is 0 Å². The van der Waals surface area contributed by atoms with Gasteiger partial charge in [0.2, 0.25) is 5.91 Å². The minimum Gasteiger partial charge on any atom is -0.497 e. The van der Waals surface area contributed by atoms with Gasteiger partial charge in [-0.2, -0.15) is 13.2 Å². The molecule has 8 heteroatoms. The van der Waals surface area contributed by atoms with E-state index in [1.807, 2.05) is 23.1 Å². The van der Waals surface area contributed by atoms with E-state index in [1.165, 1.54) is 12.1 Å². The quantitative estimate of drug-likeness (QED) is 0.626. The van der Waals surface area contributed by atoms with Gasteiger partial charge in [-0.25, -0.2) is 0 Å². The van der Waals surface area contributed by atoms with Gasteiger partial charge >= 0.3 is 6.18 Å². The molecule has 5 nitrogen and oxygen atoms in total. The molecule has 0 spiro atoms. The van der Waals surface area contributed by atoms with Crippen molar-refractivity contribution in [3.63, 3.8) is 0 Å². The Morgan fingerprint density at radius 2 is 1.71 bits per heavy atom. The van der Waals surface area contributed by atoms with Gasteiger partial charge in [-0.15, -0.1) is 0 Å². The van der Waals surface area contributed by atoms with Gasteiger partial charge in [0.25, 0.3) is 5.91 Å². The summed E-state index contributed by atoms with van der Waals surface area (Å²) in [4.78, 5) is 29.7. The van der Waals surface area contributed by atoms with Crippen LogP contribution in [-0.4, -0.2) is 54.4 Å². The van der Waals surface area contributed by atoms with Crippen LogP contribution in [0.15, 0.2) is 48.5 Å². The molecule has 0 radical (unpaired) electrons. The van der Waals surface area contributed by atoms with Gasteiger partial charge in [-0.3, -0.25) is 9.59 Å². The number of likely N-dealkylation sites (tertiary alicyclic amines) is 2. The Kier molecular flexibility index (Phi) is 7.14. The summed E-state index contributed by atoms with van der Waals surface area (Å²) < 4.78 is 43.6. The maximum atomic E-state index is 13.3. The number of halogens is 3. The van der Waals surface area contributed by atoms with Gasteiger partial charge in [0.15, 0.2) is 0 Å². The molecule has 2 fully saturated rings. The van der Waals surface area contributed by atoms with E-state index < -0.39 is 11.7 Å². The van der Waals surface area contributed by atoms with Gasteiger partial charge in [0.1, 0.15) is 5.75 Å². The molecular weight excluding hydrogens is 445 g/mol. The first-order valence-electron chi connectivity index (χ1n) is 11.7. The lowest BCUT2D eigenvalue weighted by Gasteiger charge is -2.35.